The van der Waals surface area contributed by atoms with E-state index in [0.29, 0.717) is 0 Å². The van der Waals surface area contributed by atoms with Crippen LogP contribution in [-0.4, -0.2) is 27.1 Å². The van der Waals surface area contributed by atoms with E-state index in [-0.39, 0.29) is 10.0 Å². The summed E-state index contributed by atoms with van der Waals surface area (Å²) in [6.45, 7) is 0. The first-order valence-corrected chi connectivity index (χ1v) is 4.74. The monoisotopic (exact) mass is 214 g/mol. The molecule has 0 aromatic rings. The van der Waals surface area contributed by atoms with Crippen LogP contribution in [0.1, 0.15) is 0 Å². The van der Waals surface area contributed by atoms with Gasteiger partial charge in [-0.15, -0.1) is 23.2 Å². The van der Waals surface area contributed by atoms with Crippen molar-refractivity contribution < 1.29 is 17.3 Å². The fourth-order valence-corrected chi connectivity index (χ4v) is 0. The molecule has 0 aromatic carbocycles. The fourth-order valence-electron chi connectivity index (χ4n) is 0. The third kappa shape index (κ3) is 39.6. The second-order valence-electron chi connectivity index (χ2n) is 0.972. The van der Waals surface area contributed by atoms with Crippen molar-refractivity contribution in [3.8, 4) is 0 Å². The van der Waals surface area contributed by atoms with E-state index >= 15 is 0 Å². The van der Waals surface area contributed by atoms with Gasteiger partial charge in [0.05, 0.1) is 18.7 Å². The van der Waals surface area contributed by atoms with Crippen LogP contribution in [0.15, 0.2) is 0 Å². The lowest BCUT2D eigenvalue weighted by molar-refractivity contribution is 0.403. The van der Waals surface area contributed by atoms with Gasteiger partial charge < -0.3 is 0 Å². The molecule has 0 amide bonds. The van der Waals surface area contributed by atoms with E-state index in [1.165, 1.54) is 0 Å². The Balaban J connectivity index is -0.000000107. The molecule has 66 valence electrons. The second-order valence-corrected chi connectivity index (χ2v) is 3.52. The van der Waals surface area contributed by atoms with Crippen LogP contribution in [0, 0.1) is 0 Å². The van der Waals surface area contributed by atoms with Crippen LogP contribution in [0.3, 0.4) is 0 Å². The molecule has 0 saturated carbocycles. The maximum Gasteiger partial charge on any atom is 0.264 e. The molecular weight excluding hydrogens is 206 g/mol. The highest BCUT2D eigenvalue weighted by Gasteiger charge is 1.90. The first kappa shape index (κ1) is 16.8. The quantitative estimate of drug-likeness (QED) is 0.487. The third-order valence-electron chi connectivity index (χ3n) is 0.303. The highest BCUT2D eigenvalue weighted by Crippen LogP contribution is 1.75. The van der Waals surface area contributed by atoms with Crippen LogP contribution in [0.5, 0.6) is 0 Å². The molecule has 0 aliphatic carbocycles. The van der Waals surface area contributed by atoms with E-state index in [1.54, 1.807) is 0 Å². The van der Waals surface area contributed by atoms with E-state index in [1.807, 2.05) is 0 Å². The summed E-state index contributed by atoms with van der Waals surface area (Å²) < 4.78 is 23.5. The van der Waals surface area contributed by atoms with Gasteiger partial charge in [0.2, 0.25) is 0 Å². The van der Waals surface area contributed by atoms with Crippen LogP contribution < -0.4 is 0 Å². The second kappa shape index (κ2) is 9.42. The Morgan fingerprint density at radius 2 is 1.50 bits per heavy atom. The average molecular weight is 215 g/mol. The van der Waals surface area contributed by atoms with Crippen LogP contribution >= 0.6 is 23.2 Å². The molecule has 7 heteroatoms. The van der Waals surface area contributed by atoms with Crippen LogP contribution in [-0.2, 0) is 14.3 Å². The Morgan fingerprint density at radius 1 is 1.40 bits per heavy atom. The van der Waals surface area contributed by atoms with Gasteiger partial charge >= 0.3 is 0 Å². The minimum absolute atomic E-state index is 0. The number of hydrogen-bond donors (Lipinski definition) is 0. The smallest absolute Gasteiger partial charge is 0.264 e. The fraction of sp³-hybridized carbons (Fsp3) is 1.00. The van der Waals surface area contributed by atoms with Gasteiger partial charge in [-0.1, -0.05) is 0 Å². The van der Waals surface area contributed by atoms with Gasteiger partial charge in [-0.25, -0.2) is 0 Å². The minimum atomic E-state index is -3.16. The predicted octanol–water partition coefficient (Wildman–Crippen LogP) is 1.17. The Bertz CT molecular complexity index is 135. The van der Waals surface area contributed by atoms with Crippen LogP contribution in [0.4, 0.5) is 4.70 Å². The van der Waals surface area contributed by atoms with E-state index in [2.05, 4.69) is 4.18 Å². The molecule has 0 saturated heterocycles. The standard InChI is InChI=1S/C2H6O3S.CH2Cl2.FH/c1-5-6(2,3)4;2-1-3;/h1-2H3;1H2;1H. The molecule has 0 radical (unpaired) electrons. The topological polar surface area (TPSA) is 43.4 Å². The van der Waals surface area contributed by atoms with Crippen molar-refractivity contribution in [3.05, 3.63) is 0 Å². The highest BCUT2D eigenvalue weighted by atomic mass is 35.5. The van der Waals surface area contributed by atoms with Crippen molar-refractivity contribution in [1.82, 2.24) is 0 Å². The van der Waals surface area contributed by atoms with E-state index in [0.717, 1.165) is 13.4 Å². The molecule has 0 N–H and O–H groups in total. The van der Waals surface area contributed by atoms with Gasteiger partial charge in [0.15, 0.2) is 0 Å². The molecule has 10 heavy (non-hydrogen) atoms. The van der Waals surface area contributed by atoms with Gasteiger partial charge in [0, 0.05) is 0 Å². The molecule has 0 heterocycles. The summed E-state index contributed by atoms with van der Waals surface area (Å²) in [4.78, 5) is 0. The number of halogens is 3. The number of rotatable bonds is 1. The normalized spacial score (nSPS) is 8.80. The molecular formula is C3H9Cl2FO3S. The van der Waals surface area contributed by atoms with Gasteiger partial charge in [0.25, 0.3) is 10.1 Å². The summed E-state index contributed by atoms with van der Waals surface area (Å²) in [6.07, 6.45) is 0.993. The highest BCUT2D eigenvalue weighted by molar-refractivity contribution is 7.85. The van der Waals surface area contributed by atoms with Gasteiger partial charge in [-0.3, -0.25) is 8.89 Å². The zero-order valence-electron chi connectivity index (χ0n) is 5.50. The Kier molecular flexibility index (Phi) is 15.8. The maximum atomic E-state index is 9.78. The Hall–Kier alpha value is 0.420. The Labute approximate surface area is 69.8 Å². The van der Waals surface area contributed by atoms with E-state index < -0.39 is 10.1 Å². The molecule has 0 rings (SSSR count). The molecule has 0 unspecified atom stereocenters. The predicted molar refractivity (Wildman–Crippen MR) is 40.9 cm³/mol. The molecule has 0 bridgehead atoms. The summed E-state index contributed by atoms with van der Waals surface area (Å²) in [6, 6.07) is 0. The molecule has 0 atom stereocenters. The van der Waals surface area contributed by atoms with Crippen molar-refractivity contribution in [3.63, 3.8) is 0 Å². The number of alkyl halides is 2. The lowest BCUT2D eigenvalue weighted by Crippen LogP contribution is -1.95. The van der Waals surface area contributed by atoms with Crippen molar-refractivity contribution in [2.24, 2.45) is 0 Å². The summed E-state index contributed by atoms with van der Waals surface area (Å²) in [5.74, 6) is 0. The first-order valence-electron chi connectivity index (χ1n) is 1.85. The largest absolute Gasteiger partial charge is 0.274 e. The molecule has 0 spiro atoms. The van der Waals surface area contributed by atoms with E-state index in [9.17, 15) is 8.42 Å². The number of hydrogen-bond acceptors (Lipinski definition) is 3. The molecule has 0 aliphatic rings. The van der Waals surface area contributed by atoms with Gasteiger partial charge in [-0.05, 0) is 0 Å². The lowest BCUT2D eigenvalue weighted by atomic mass is 11.8. The van der Waals surface area contributed by atoms with Crippen molar-refractivity contribution >= 4 is 33.3 Å². The molecule has 0 aromatic heterocycles. The average Bonchev–Trinajstić information content (AvgIpc) is 1.67. The molecule has 0 aliphatic heterocycles. The summed E-state index contributed by atoms with van der Waals surface area (Å²) >= 11 is 9.53. The van der Waals surface area contributed by atoms with Gasteiger partial charge in [0.1, 0.15) is 0 Å². The van der Waals surface area contributed by atoms with Crippen molar-refractivity contribution in [1.29, 1.82) is 0 Å². The molecule has 3 nitrogen and oxygen atoms in total. The van der Waals surface area contributed by atoms with Crippen molar-refractivity contribution in [2.45, 2.75) is 0 Å². The summed E-state index contributed by atoms with van der Waals surface area (Å²) in [5, 5.41) is 0.194. The maximum absolute atomic E-state index is 9.78. The lowest BCUT2D eigenvalue weighted by Gasteiger charge is -1.84. The van der Waals surface area contributed by atoms with Gasteiger partial charge in [-0.2, -0.15) is 8.42 Å². The Morgan fingerprint density at radius 3 is 1.50 bits per heavy atom. The zero-order valence-corrected chi connectivity index (χ0v) is 7.83. The summed E-state index contributed by atoms with van der Waals surface area (Å²) in [5.41, 5.74) is 0. The SMILES string of the molecule is COS(C)(=O)=O.ClCCl.F. The zero-order chi connectivity index (χ0) is 7.91. The summed E-state index contributed by atoms with van der Waals surface area (Å²) in [7, 11) is -2.04. The van der Waals surface area contributed by atoms with Crippen LogP contribution in [0.2, 0.25) is 0 Å². The minimum Gasteiger partial charge on any atom is -0.274 e. The first-order chi connectivity index (χ1) is 3.97. The van der Waals surface area contributed by atoms with Crippen LogP contribution in [0.25, 0.3) is 0 Å². The van der Waals surface area contributed by atoms with Crippen molar-refractivity contribution in [2.75, 3.05) is 18.7 Å². The third-order valence-corrected chi connectivity index (χ3v) is 0.908. The van der Waals surface area contributed by atoms with E-state index in [4.69, 9.17) is 23.2 Å². The molecule has 0 fully saturated rings.